The minimum atomic E-state index is -1.76. The molecule has 0 radical (unpaired) electrons. The molecule has 0 bridgehead atoms. The molecule has 0 spiro atoms. The smallest absolute Gasteiger partial charge is 0.205 e. The Morgan fingerprint density at radius 3 is 2.43 bits per heavy atom. The predicted octanol–water partition coefficient (Wildman–Crippen LogP) is -1.21. The molecule has 7 heavy (non-hydrogen) atoms. The van der Waals surface area contributed by atoms with Crippen molar-refractivity contribution in [2.45, 2.75) is 5.56 Å². The molecule has 0 aromatic heterocycles. The third-order valence-corrected chi connectivity index (χ3v) is 0.536. The van der Waals surface area contributed by atoms with Gasteiger partial charge in [-0.25, -0.2) is 10.1 Å². The Kier molecular flexibility index (Phi) is 2.66. The summed E-state index contributed by atoms with van der Waals surface area (Å²) in [5, 5.41) is 16.9. The van der Waals surface area contributed by atoms with Crippen molar-refractivity contribution in [1.29, 1.82) is 0 Å². The number of rotatable bonds is 2. The molecule has 0 rings (SSSR count). The van der Waals surface area contributed by atoms with Gasteiger partial charge in [0.05, 0.1) is 5.97 Å². The highest BCUT2D eigenvalue weighted by Crippen LogP contribution is 1.90. The molecule has 0 saturated carbocycles. The van der Waals surface area contributed by atoms with E-state index in [0.29, 0.717) is 0 Å². The summed E-state index contributed by atoms with van der Waals surface area (Å²) < 4.78 is 0. The molecular weight excluding hydrogens is 123 g/mol. The number of aliphatic carboxylic acids is 1. The number of carbonyl (C=O) groups excluding carboxylic acids is 1. The highest BCUT2D eigenvalue weighted by Gasteiger charge is 2.01. The molecule has 4 nitrogen and oxygen atoms in total. The van der Waals surface area contributed by atoms with Crippen LogP contribution in [0.3, 0.4) is 0 Å². The Balaban J connectivity index is 3.34. The fourth-order valence-corrected chi connectivity index (χ4v) is 0.0430. The molecule has 0 saturated heterocycles. The summed E-state index contributed by atoms with van der Waals surface area (Å²) in [7, 11) is 0. The lowest BCUT2D eigenvalue weighted by Gasteiger charge is -2.02. The number of carbonyl (C=O) groups is 1. The van der Waals surface area contributed by atoms with Gasteiger partial charge in [0.15, 0.2) is 0 Å². The lowest BCUT2D eigenvalue weighted by atomic mass is 10.7. The minimum absolute atomic E-state index is 1.66. The van der Waals surface area contributed by atoms with Gasteiger partial charge in [0.2, 0.25) is 5.56 Å². The van der Waals surface area contributed by atoms with Gasteiger partial charge in [-0.2, -0.15) is 0 Å². The van der Waals surface area contributed by atoms with Crippen molar-refractivity contribution in [3.63, 3.8) is 0 Å². The summed E-state index contributed by atoms with van der Waals surface area (Å²) >= 11 is 4.67. The molecule has 1 atom stereocenters. The summed E-state index contributed by atoms with van der Waals surface area (Å²) in [5.41, 5.74) is -1.76. The van der Waals surface area contributed by atoms with E-state index in [-0.39, 0.29) is 0 Å². The van der Waals surface area contributed by atoms with Crippen LogP contribution in [0.15, 0.2) is 0 Å². The average molecular weight is 125 g/mol. The molecule has 0 aromatic carbocycles. The molecule has 0 aliphatic rings. The number of alkyl halides is 1. The Hall–Kier alpha value is -0.320. The molecule has 0 fully saturated rings. The van der Waals surface area contributed by atoms with Gasteiger partial charge in [0.25, 0.3) is 0 Å². The quantitative estimate of drug-likeness (QED) is 0.286. The molecule has 1 N–H and O–H groups in total. The van der Waals surface area contributed by atoms with Crippen LogP contribution in [-0.4, -0.2) is 16.8 Å². The first-order valence-electron chi connectivity index (χ1n) is 1.33. The third kappa shape index (κ3) is 2.38. The normalized spacial score (nSPS) is 13.4. The third-order valence-electron chi connectivity index (χ3n) is 0.278. The first-order valence-corrected chi connectivity index (χ1v) is 1.77. The topological polar surface area (TPSA) is 69.6 Å². The van der Waals surface area contributed by atoms with E-state index in [1.807, 2.05) is 0 Å². The second kappa shape index (κ2) is 2.79. The van der Waals surface area contributed by atoms with Crippen LogP contribution in [0.25, 0.3) is 0 Å². The monoisotopic (exact) mass is 125 g/mol. The highest BCUT2D eigenvalue weighted by atomic mass is 35.5. The zero-order valence-corrected chi connectivity index (χ0v) is 3.88. The summed E-state index contributed by atoms with van der Waals surface area (Å²) in [6.07, 6.45) is 0. The molecular formula is C2H2ClO4-. The fraction of sp³-hybridized carbons (Fsp3) is 0.500. The van der Waals surface area contributed by atoms with Crippen LogP contribution >= 0.6 is 11.6 Å². The SMILES string of the molecule is O=C([O-])C(Cl)OO. The molecule has 0 aliphatic carbocycles. The van der Waals surface area contributed by atoms with Crippen molar-refractivity contribution in [2.24, 2.45) is 0 Å². The molecule has 0 heterocycles. The van der Waals surface area contributed by atoms with Gasteiger partial charge < -0.3 is 9.90 Å². The lowest BCUT2D eigenvalue weighted by Crippen LogP contribution is -2.32. The summed E-state index contributed by atoms with van der Waals surface area (Å²) in [5.74, 6) is -1.66. The van der Waals surface area contributed by atoms with Crippen LogP contribution in [0, 0.1) is 0 Å². The second-order valence-corrected chi connectivity index (χ2v) is 1.14. The van der Waals surface area contributed by atoms with E-state index >= 15 is 0 Å². The van der Waals surface area contributed by atoms with Gasteiger partial charge in [0.1, 0.15) is 0 Å². The Morgan fingerprint density at radius 2 is 2.43 bits per heavy atom. The molecule has 0 aromatic rings. The van der Waals surface area contributed by atoms with Crippen LogP contribution in [0.5, 0.6) is 0 Å². The summed E-state index contributed by atoms with van der Waals surface area (Å²) in [4.78, 5) is 12.5. The van der Waals surface area contributed by atoms with Crippen LogP contribution in [0.1, 0.15) is 0 Å². The van der Waals surface area contributed by atoms with Crippen LogP contribution in [0.4, 0.5) is 0 Å². The van der Waals surface area contributed by atoms with E-state index in [2.05, 4.69) is 16.5 Å². The van der Waals surface area contributed by atoms with E-state index in [1.165, 1.54) is 0 Å². The Labute approximate surface area is 44.2 Å². The molecule has 1 unspecified atom stereocenters. The second-order valence-electron chi connectivity index (χ2n) is 0.740. The van der Waals surface area contributed by atoms with Gasteiger partial charge >= 0.3 is 0 Å². The lowest BCUT2D eigenvalue weighted by molar-refractivity contribution is -0.336. The first-order chi connectivity index (χ1) is 3.18. The van der Waals surface area contributed by atoms with Crippen LogP contribution < -0.4 is 5.11 Å². The van der Waals surface area contributed by atoms with Gasteiger partial charge in [-0.05, 0) is 0 Å². The summed E-state index contributed by atoms with van der Waals surface area (Å²) in [6, 6.07) is 0. The standard InChI is InChI=1S/C2H3ClO4/c3-1(7-6)2(4)5/h1,6H,(H,4,5)/p-1. The highest BCUT2D eigenvalue weighted by molar-refractivity contribution is 6.28. The van der Waals surface area contributed by atoms with Gasteiger partial charge in [-0.3, -0.25) is 0 Å². The van der Waals surface area contributed by atoms with E-state index in [0.717, 1.165) is 0 Å². The number of hydrogen-bond acceptors (Lipinski definition) is 4. The van der Waals surface area contributed by atoms with E-state index < -0.39 is 11.5 Å². The van der Waals surface area contributed by atoms with E-state index in [9.17, 15) is 9.90 Å². The van der Waals surface area contributed by atoms with Crippen LogP contribution in [-0.2, 0) is 9.68 Å². The van der Waals surface area contributed by atoms with Crippen molar-refractivity contribution < 1.29 is 20.0 Å². The zero-order chi connectivity index (χ0) is 5.86. The zero-order valence-electron chi connectivity index (χ0n) is 3.13. The largest absolute Gasteiger partial charge is 0.546 e. The molecule has 0 amide bonds. The van der Waals surface area contributed by atoms with E-state index in [4.69, 9.17) is 5.26 Å². The number of carboxylic acid groups (broad SMARTS) is 1. The minimum Gasteiger partial charge on any atom is -0.546 e. The van der Waals surface area contributed by atoms with Crippen molar-refractivity contribution >= 4 is 17.6 Å². The Bertz CT molecular complexity index is 72.1. The van der Waals surface area contributed by atoms with Gasteiger partial charge in [0, 0.05) is 0 Å². The number of halogens is 1. The summed E-state index contributed by atoms with van der Waals surface area (Å²) in [6.45, 7) is 0. The van der Waals surface area contributed by atoms with Crippen molar-refractivity contribution in [2.75, 3.05) is 0 Å². The molecule has 42 valence electrons. The predicted molar refractivity (Wildman–Crippen MR) is 18.4 cm³/mol. The van der Waals surface area contributed by atoms with E-state index in [1.54, 1.807) is 0 Å². The fourth-order valence-electron chi connectivity index (χ4n) is 0.0430. The maximum absolute atomic E-state index is 9.40. The number of carboxylic acids is 1. The molecule has 0 aliphatic heterocycles. The maximum Gasteiger partial charge on any atom is 0.205 e. The van der Waals surface area contributed by atoms with Crippen LogP contribution in [0.2, 0.25) is 0 Å². The van der Waals surface area contributed by atoms with Gasteiger partial charge in [-0.15, -0.1) is 0 Å². The Morgan fingerprint density at radius 1 is 2.00 bits per heavy atom. The average Bonchev–Trinajstić information content (AvgIpc) is 1.65. The maximum atomic E-state index is 9.40. The van der Waals surface area contributed by atoms with Crippen molar-refractivity contribution in [3.05, 3.63) is 0 Å². The van der Waals surface area contributed by atoms with Crippen molar-refractivity contribution in [3.8, 4) is 0 Å². The van der Waals surface area contributed by atoms with Gasteiger partial charge in [-0.1, -0.05) is 11.6 Å². The first kappa shape index (κ1) is 6.68. The molecule has 5 heteroatoms. The van der Waals surface area contributed by atoms with Crippen molar-refractivity contribution in [1.82, 2.24) is 0 Å². The number of hydrogen-bond donors (Lipinski definition) is 1.